The van der Waals surface area contributed by atoms with E-state index in [9.17, 15) is 9.50 Å². The number of ether oxygens (including phenoxy) is 2. The highest BCUT2D eigenvalue weighted by molar-refractivity contribution is 5.86. The molecule has 1 unspecified atom stereocenters. The summed E-state index contributed by atoms with van der Waals surface area (Å²) in [7, 11) is 1.58. The Morgan fingerprint density at radius 3 is 2.69 bits per heavy atom. The molecule has 2 aromatic rings. The number of fused-ring (bicyclic) bond motifs is 4. The van der Waals surface area contributed by atoms with Gasteiger partial charge in [0, 0.05) is 22.9 Å². The highest BCUT2D eigenvalue weighted by atomic mass is 19.1. The van der Waals surface area contributed by atoms with Gasteiger partial charge in [-0.1, -0.05) is 0 Å². The van der Waals surface area contributed by atoms with Crippen molar-refractivity contribution in [3.8, 4) is 5.75 Å². The number of aryl methyl sites for hydroxylation is 1. The van der Waals surface area contributed by atoms with Crippen molar-refractivity contribution in [3.63, 3.8) is 0 Å². The van der Waals surface area contributed by atoms with E-state index in [2.05, 4.69) is 4.98 Å². The van der Waals surface area contributed by atoms with Crippen molar-refractivity contribution in [1.29, 1.82) is 0 Å². The van der Waals surface area contributed by atoms with Crippen molar-refractivity contribution >= 4 is 10.9 Å². The van der Waals surface area contributed by atoms with E-state index < -0.39 is 17.5 Å². The van der Waals surface area contributed by atoms with E-state index in [0.29, 0.717) is 36.1 Å². The molecular weight excluding hydrogens is 335 g/mol. The Hall–Kier alpha value is -1.76. The summed E-state index contributed by atoms with van der Waals surface area (Å²) in [6.07, 6.45) is 3.69. The van der Waals surface area contributed by atoms with Crippen LogP contribution in [0.15, 0.2) is 18.3 Å². The Balaban J connectivity index is 1.70. The molecule has 1 atom stereocenters. The minimum atomic E-state index is -0.793. The quantitative estimate of drug-likeness (QED) is 0.876. The largest absolute Gasteiger partial charge is 0.497 e. The van der Waals surface area contributed by atoms with Crippen LogP contribution in [0.2, 0.25) is 0 Å². The molecule has 26 heavy (non-hydrogen) atoms. The molecule has 5 nitrogen and oxygen atoms in total. The maximum atomic E-state index is 14.6. The fourth-order valence-corrected chi connectivity index (χ4v) is 4.36. The average molecular weight is 360 g/mol. The lowest BCUT2D eigenvalue weighted by Gasteiger charge is -2.53. The van der Waals surface area contributed by atoms with Crippen LogP contribution in [0.1, 0.15) is 36.8 Å². The second kappa shape index (κ2) is 6.15. The zero-order chi connectivity index (χ0) is 18.5. The molecular formula is C20H25FN2O3. The summed E-state index contributed by atoms with van der Waals surface area (Å²) in [4.78, 5) is 4.23. The van der Waals surface area contributed by atoms with Gasteiger partial charge in [-0.3, -0.25) is 4.98 Å². The molecule has 0 amide bonds. The van der Waals surface area contributed by atoms with Crippen LogP contribution in [0, 0.1) is 12.7 Å². The van der Waals surface area contributed by atoms with Crippen molar-refractivity contribution in [1.82, 2.24) is 4.98 Å². The third-order valence-corrected chi connectivity index (χ3v) is 6.17. The van der Waals surface area contributed by atoms with Gasteiger partial charge in [0.15, 0.2) is 0 Å². The number of pyridine rings is 1. The summed E-state index contributed by atoms with van der Waals surface area (Å²) >= 11 is 0. The van der Waals surface area contributed by atoms with Gasteiger partial charge in [0.05, 0.1) is 37.1 Å². The highest BCUT2D eigenvalue weighted by Crippen LogP contribution is 2.45. The fraction of sp³-hybridized carbons (Fsp3) is 0.550. The summed E-state index contributed by atoms with van der Waals surface area (Å²) in [5.74, 6) is 0.233. The Morgan fingerprint density at radius 1 is 1.35 bits per heavy atom. The third kappa shape index (κ3) is 2.76. The molecule has 2 aliphatic heterocycles. The zero-order valence-electron chi connectivity index (χ0n) is 15.2. The number of hydrogen-bond donors (Lipinski definition) is 2. The molecule has 6 heteroatoms. The maximum Gasteiger partial charge on any atom is 0.145 e. The van der Waals surface area contributed by atoms with Gasteiger partial charge in [0.25, 0.3) is 0 Å². The number of nitrogens with two attached hydrogens (primary N) is 1. The SMILES string of the molecule is COc1cc(C)c2ncc(F)c(CC(O)C34CCC(N)(CC3)CO4)c2c1. The van der Waals surface area contributed by atoms with E-state index in [1.165, 1.54) is 6.20 Å². The van der Waals surface area contributed by atoms with E-state index in [4.69, 9.17) is 15.2 Å². The molecule has 140 valence electrons. The summed E-state index contributed by atoms with van der Waals surface area (Å²) in [6, 6.07) is 3.66. The lowest BCUT2D eigenvalue weighted by Crippen LogP contribution is -2.63. The molecule has 0 radical (unpaired) electrons. The first-order valence-electron chi connectivity index (χ1n) is 9.08. The Morgan fingerprint density at radius 2 is 2.08 bits per heavy atom. The molecule has 3 fully saturated rings. The molecule has 3 N–H and O–H groups in total. The third-order valence-electron chi connectivity index (χ3n) is 6.17. The number of aromatic nitrogens is 1. The molecule has 1 saturated carbocycles. The van der Waals surface area contributed by atoms with Crippen molar-refractivity contribution in [2.45, 2.75) is 56.3 Å². The topological polar surface area (TPSA) is 77.6 Å². The Kier molecular flexibility index (Phi) is 4.17. The number of aliphatic hydroxyl groups excluding tert-OH is 1. The van der Waals surface area contributed by atoms with E-state index in [1.54, 1.807) is 13.2 Å². The molecule has 1 aliphatic carbocycles. The van der Waals surface area contributed by atoms with Crippen LogP contribution < -0.4 is 10.5 Å². The Labute approximate surface area is 152 Å². The lowest BCUT2D eigenvalue weighted by atomic mass is 9.68. The van der Waals surface area contributed by atoms with E-state index >= 15 is 0 Å². The first kappa shape index (κ1) is 17.6. The van der Waals surface area contributed by atoms with Crippen LogP contribution in [0.25, 0.3) is 10.9 Å². The number of nitrogens with zero attached hydrogens (tertiary/aromatic N) is 1. The van der Waals surface area contributed by atoms with Crippen LogP contribution in [-0.4, -0.2) is 41.1 Å². The summed E-state index contributed by atoms with van der Waals surface area (Å²) in [5.41, 5.74) is 7.46. The number of rotatable bonds is 4. The molecule has 2 bridgehead atoms. The predicted octanol–water partition coefficient (Wildman–Crippen LogP) is 2.63. The molecule has 5 rings (SSSR count). The summed E-state index contributed by atoms with van der Waals surface area (Å²) in [6.45, 7) is 2.37. The highest BCUT2D eigenvalue weighted by Gasteiger charge is 2.51. The number of benzene rings is 1. The smallest absolute Gasteiger partial charge is 0.145 e. The van der Waals surface area contributed by atoms with Gasteiger partial charge in [-0.15, -0.1) is 0 Å². The summed E-state index contributed by atoms with van der Waals surface area (Å²) < 4.78 is 25.9. The van der Waals surface area contributed by atoms with Gasteiger partial charge in [0.1, 0.15) is 11.6 Å². The van der Waals surface area contributed by atoms with Crippen LogP contribution >= 0.6 is 0 Å². The van der Waals surface area contributed by atoms with Gasteiger partial charge >= 0.3 is 0 Å². The van der Waals surface area contributed by atoms with Gasteiger partial charge in [-0.25, -0.2) is 4.39 Å². The number of aliphatic hydroxyl groups is 1. The average Bonchev–Trinajstić information content (AvgIpc) is 2.64. The van der Waals surface area contributed by atoms with E-state index in [1.807, 2.05) is 13.0 Å². The normalized spacial score (nSPS) is 29.1. The first-order chi connectivity index (χ1) is 12.4. The zero-order valence-corrected chi connectivity index (χ0v) is 15.2. The molecule has 3 aliphatic rings. The molecule has 1 aromatic heterocycles. The second-order valence-corrected chi connectivity index (χ2v) is 7.86. The number of halogens is 1. The van der Waals surface area contributed by atoms with Crippen LogP contribution in [0.5, 0.6) is 5.75 Å². The Bertz CT molecular complexity index is 830. The molecule has 3 heterocycles. The van der Waals surface area contributed by atoms with Gasteiger partial charge < -0.3 is 20.3 Å². The monoisotopic (exact) mass is 360 g/mol. The van der Waals surface area contributed by atoms with Gasteiger partial charge in [-0.05, 0) is 50.3 Å². The number of methoxy groups -OCH3 is 1. The second-order valence-electron chi connectivity index (χ2n) is 7.86. The van der Waals surface area contributed by atoms with Gasteiger partial charge in [-0.2, -0.15) is 0 Å². The summed E-state index contributed by atoms with van der Waals surface area (Å²) in [5, 5.41) is 11.7. The molecule has 2 saturated heterocycles. The predicted molar refractivity (Wildman–Crippen MR) is 96.8 cm³/mol. The van der Waals surface area contributed by atoms with E-state index in [-0.39, 0.29) is 12.0 Å². The lowest BCUT2D eigenvalue weighted by molar-refractivity contribution is -0.201. The minimum absolute atomic E-state index is 0.176. The standard InChI is InChI=1S/C20H25FN2O3/c1-12-7-13(25-2)8-15-14(16(21)10-23-18(12)15)9-17(24)20-5-3-19(22,4-6-20)11-26-20/h7-8,10,17,24H,3-6,9,11,22H2,1-2H3. The molecule has 1 aromatic carbocycles. The van der Waals surface area contributed by atoms with Crippen LogP contribution in [-0.2, 0) is 11.2 Å². The van der Waals surface area contributed by atoms with Crippen LogP contribution in [0.3, 0.4) is 0 Å². The first-order valence-corrected chi connectivity index (χ1v) is 9.08. The maximum absolute atomic E-state index is 14.6. The van der Waals surface area contributed by atoms with Crippen LogP contribution in [0.4, 0.5) is 4.39 Å². The minimum Gasteiger partial charge on any atom is -0.497 e. The van der Waals surface area contributed by atoms with Crippen molar-refractivity contribution in [2.24, 2.45) is 5.73 Å². The van der Waals surface area contributed by atoms with Crippen molar-refractivity contribution < 1.29 is 19.0 Å². The van der Waals surface area contributed by atoms with Gasteiger partial charge in [0.2, 0.25) is 0 Å². The molecule has 0 spiro atoms. The van der Waals surface area contributed by atoms with Crippen molar-refractivity contribution in [2.75, 3.05) is 13.7 Å². The van der Waals surface area contributed by atoms with Crippen molar-refractivity contribution in [3.05, 3.63) is 35.3 Å². The fourth-order valence-electron chi connectivity index (χ4n) is 4.36. The number of hydrogen-bond acceptors (Lipinski definition) is 5. The van der Waals surface area contributed by atoms with E-state index in [0.717, 1.165) is 23.9 Å².